The Balaban J connectivity index is 2.25. The lowest BCUT2D eigenvalue weighted by molar-refractivity contribution is 0.0880. The fourth-order valence-electron chi connectivity index (χ4n) is 2.44. The number of carbonyl (C=O) groups excluding carboxylic acids is 2. The van der Waals surface area contributed by atoms with Gasteiger partial charge in [0.2, 0.25) is 0 Å². The first-order valence-electron chi connectivity index (χ1n) is 6.79. The number of carbonyl (C=O) groups is 2. The second-order valence-electron chi connectivity index (χ2n) is 4.84. The first-order chi connectivity index (χ1) is 11.0. The minimum Gasteiger partial charge on any atom is -0.487 e. The van der Waals surface area contributed by atoms with Gasteiger partial charge in [0.05, 0.1) is 16.8 Å². The highest BCUT2D eigenvalue weighted by atomic mass is 16.5. The minimum atomic E-state index is -0.628. The Hall–Kier alpha value is -3.35. The largest absolute Gasteiger partial charge is 0.487 e. The first kappa shape index (κ1) is 14.6. The molecule has 2 amide bonds. The van der Waals surface area contributed by atoms with E-state index in [9.17, 15) is 14.4 Å². The van der Waals surface area contributed by atoms with Crippen LogP contribution in [-0.4, -0.2) is 23.0 Å². The predicted octanol–water partition coefficient (Wildman–Crippen LogP) is 0.868. The molecule has 2 aromatic rings. The number of aromatic nitrogens is 1. The van der Waals surface area contributed by atoms with Gasteiger partial charge in [-0.15, -0.1) is 0 Å². The highest BCUT2D eigenvalue weighted by Crippen LogP contribution is 2.27. The maximum Gasteiger partial charge on any atom is 0.262 e. The van der Waals surface area contributed by atoms with Crippen molar-refractivity contribution in [1.29, 1.82) is 0 Å². The maximum absolute atomic E-state index is 12.4. The van der Waals surface area contributed by atoms with Gasteiger partial charge in [-0.2, -0.15) is 0 Å². The van der Waals surface area contributed by atoms with Gasteiger partial charge in [-0.05, 0) is 12.1 Å². The molecule has 7 nitrogen and oxygen atoms in total. The Morgan fingerprint density at radius 1 is 1.22 bits per heavy atom. The smallest absolute Gasteiger partial charge is 0.262 e. The van der Waals surface area contributed by atoms with E-state index in [1.165, 1.54) is 0 Å². The van der Waals surface area contributed by atoms with Crippen LogP contribution in [0.5, 0.6) is 5.75 Å². The van der Waals surface area contributed by atoms with Crippen LogP contribution in [0.2, 0.25) is 0 Å². The Kier molecular flexibility index (Phi) is 3.46. The lowest BCUT2D eigenvalue weighted by Gasteiger charge is -2.15. The number of amides is 2. The SMILES string of the molecule is C=CCOc1ccccc1-n1c(N)c2c(cc1=O)C(=O)NC2=O. The zero-order valence-corrected chi connectivity index (χ0v) is 12.0. The van der Waals surface area contributed by atoms with Crippen molar-refractivity contribution in [3.05, 3.63) is 64.5 Å². The van der Waals surface area contributed by atoms with Gasteiger partial charge < -0.3 is 10.5 Å². The number of imide groups is 1. The number of nitrogens with zero attached hydrogens (tertiary/aromatic N) is 1. The Morgan fingerprint density at radius 2 is 1.96 bits per heavy atom. The Morgan fingerprint density at radius 3 is 2.70 bits per heavy atom. The fraction of sp³-hybridized carbons (Fsp3) is 0.0625. The molecule has 3 N–H and O–H groups in total. The van der Waals surface area contributed by atoms with Crippen LogP contribution in [0.25, 0.3) is 5.69 Å². The van der Waals surface area contributed by atoms with Crippen molar-refractivity contribution in [3.8, 4) is 11.4 Å². The Bertz CT molecular complexity index is 899. The molecule has 0 bridgehead atoms. The van der Waals surface area contributed by atoms with Gasteiger partial charge in [-0.1, -0.05) is 24.8 Å². The lowest BCUT2D eigenvalue weighted by atomic mass is 10.1. The summed E-state index contributed by atoms with van der Waals surface area (Å²) in [7, 11) is 0. The molecule has 0 unspecified atom stereocenters. The summed E-state index contributed by atoms with van der Waals surface area (Å²) < 4.78 is 6.67. The molecule has 0 saturated heterocycles. The molecule has 0 spiro atoms. The number of anilines is 1. The molecule has 0 radical (unpaired) electrons. The topological polar surface area (TPSA) is 103 Å². The van der Waals surface area contributed by atoms with E-state index in [-0.39, 0.29) is 23.6 Å². The highest BCUT2D eigenvalue weighted by molar-refractivity contribution is 6.23. The summed E-state index contributed by atoms with van der Waals surface area (Å²) >= 11 is 0. The van der Waals surface area contributed by atoms with Gasteiger partial charge in [0.15, 0.2) is 0 Å². The van der Waals surface area contributed by atoms with E-state index in [1.54, 1.807) is 30.3 Å². The standard InChI is InChI=1S/C16H13N3O4/c1-2-7-23-11-6-4-3-5-10(11)19-12(20)8-9-13(14(19)17)16(22)18-15(9)21/h2-6,8H,1,7,17H2,(H,18,21,22). The molecule has 2 heterocycles. The average Bonchev–Trinajstić information content (AvgIpc) is 2.80. The molecule has 0 saturated carbocycles. The zero-order chi connectivity index (χ0) is 16.6. The summed E-state index contributed by atoms with van der Waals surface area (Å²) in [4.78, 5) is 35.9. The normalized spacial score (nSPS) is 12.7. The van der Waals surface area contributed by atoms with E-state index in [2.05, 4.69) is 11.9 Å². The van der Waals surface area contributed by atoms with Crippen molar-refractivity contribution < 1.29 is 14.3 Å². The van der Waals surface area contributed by atoms with Gasteiger partial charge in [-0.25, -0.2) is 0 Å². The minimum absolute atomic E-state index is 0.00637. The molecule has 1 aliphatic heterocycles. The zero-order valence-electron chi connectivity index (χ0n) is 12.0. The van der Waals surface area contributed by atoms with Crippen molar-refractivity contribution in [2.45, 2.75) is 0 Å². The van der Waals surface area contributed by atoms with Gasteiger partial charge >= 0.3 is 0 Å². The quantitative estimate of drug-likeness (QED) is 0.644. The molecular weight excluding hydrogens is 298 g/mol. The number of hydrogen-bond donors (Lipinski definition) is 2. The number of para-hydroxylation sites is 2. The molecule has 0 atom stereocenters. The molecule has 0 aliphatic carbocycles. The molecule has 23 heavy (non-hydrogen) atoms. The van der Waals surface area contributed by atoms with Crippen molar-refractivity contribution >= 4 is 17.6 Å². The monoisotopic (exact) mass is 311 g/mol. The van der Waals surface area contributed by atoms with Crippen LogP contribution in [0.3, 0.4) is 0 Å². The fourth-order valence-corrected chi connectivity index (χ4v) is 2.44. The van der Waals surface area contributed by atoms with Crippen LogP contribution in [0.4, 0.5) is 5.82 Å². The average molecular weight is 311 g/mol. The summed E-state index contributed by atoms with van der Waals surface area (Å²) in [5.41, 5.74) is 5.82. The molecule has 1 aromatic heterocycles. The summed E-state index contributed by atoms with van der Waals surface area (Å²) in [6.07, 6.45) is 1.57. The van der Waals surface area contributed by atoms with Gasteiger partial charge in [0.25, 0.3) is 17.4 Å². The number of rotatable bonds is 4. The summed E-state index contributed by atoms with van der Waals surface area (Å²) in [5.74, 6) is -0.950. The number of hydrogen-bond acceptors (Lipinski definition) is 5. The van der Waals surface area contributed by atoms with Crippen LogP contribution >= 0.6 is 0 Å². The molecule has 3 rings (SSSR count). The van der Waals surface area contributed by atoms with E-state index in [4.69, 9.17) is 10.5 Å². The summed E-state index contributed by atoms with van der Waals surface area (Å²) in [5, 5.41) is 2.12. The predicted molar refractivity (Wildman–Crippen MR) is 83.9 cm³/mol. The number of benzene rings is 1. The van der Waals surface area contributed by atoms with Crippen LogP contribution in [0.1, 0.15) is 20.7 Å². The summed E-state index contributed by atoms with van der Waals surface area (Å²) in [6, 6.07) is 7.85. The van der Waals surface area contributed by atoms with Gasteiger partial charge in [0.1, 0.15) is 18.2 Å². The lowest BCUT2D eigenvalue weighted by Crippen LogP contribution is -2.24. The number of ether oxygens (including phenoxy) is 1. The maximum atomic E-state index is 12.4. The van der Waals surface area contributed by atoms with E-state index in [0.717, 1.165) is 10.6 Å². The van der Waals surface area contributed by atoms with Crippen molar-refractivity contribution in [2.24, 2.45) is 0 Å². The highest BCUT2D eigenvalue weighted by Gasteiger charge is 2.32. The first-order valence-corrected chi connectivity index (χ1v) is 6.79. The number of nitrogen functional groups attached to an aromatic ring is 1. The van der Waals surface area contributed by atoms with Crippen molar-refractivity contribution in [3.63, 3.8) is 0 Å². The van der Waals surface area contributed by atoms with Gasteiger partial charge in [-0.3, -0.25) is 24.3 Å². The molecule has 1 aromatic carbocycles. The molecule has 0 fully saturated rings. The number of nitrogens with one attached hydrogen (secondary N) is 1. The van der Waals surface area contributed by atoms with Crippen LogP contribution in [-0.2, 0) is 0 Å². The Labute approximate surface area is 131 Å². The number of pyridine rings is 1. The van der Waals surface area contributed by atoms with E-state index < -0.39 is 17.4 Å². The molecule has 7 heteroatoms. The van der Waals surface area contributed by atoms with Crippen LogP contribution in [0, 0.1) is 0 Å². The third-order valence-corrected chi connectivity index (χ3v) is 3.42. The van der Waals surface area contributed by atoms with Crippen molar-refractivity contribution in [1.82, 2.24) is 9.88 Å². The van der Waals surface area contributed by atoms with Crippen molar-refractivity contribution in [2.75, 3.05) is 12.3 Å². The molecule has 1 aliphatic rings. The van der Waals surface area contributed by atoms with E-state index in [1.807, 2.05) is 0 Å². The van der Waals surface area contributed by atoms with E-state index >= 15 is 0 Å². The van der Waals surface area contributed by atoms with Crippen LogP contribution in [0.15, 0.2) is 47.8 Å². The second kappa shape index (κ2) is 5.45. The molecular formula is C16H13N3O4. The van der Waals surface area contributed by atoms with Gasteiger partial charge in [0, 0.05) is 6.07 Å². The number of fused-ring (bicyclic) bond motifs is 1. The number of nitrogens with two attached hydrogens (primary N) is 1. The third-order valence-electron chi connectivity index (χ3n) is 3.42. The summed E-state index contributed by atoms with van der Waals surface area (Å²) in [6.45, 7) is 3.82. The third kappa shape index (κ3) is 2.28. The van der Waals surface area contributed by atoms with Crippen LogP contribution < -0.4 is 21.3 Å². The van der Waals surface area contributed by atoms with E-state index in [0.29, 0.717) is 11.4 Å². The molecule has 116 valence electrons. The second-order valence-corrected chi connectivity index (χ2v) is 4.84.